The maximum atomic E-state index is 13.3. The van der Waals surface area contributed by atoms with Crippen molar-refractivity contribution in [3.05, 3.63) is 65.2 Å². The van der Waals surface area contributed by atoms with Gasteiger partial charge in [-0.05, 0) is 68.4 Å². The van der Waals surface area contributed by atoms with Crippen molar-refractivity contribution in [2.75, 3.05) is 13.2 Å². The number of amides is 2. The van der Waals surface area contributed by atoms with Gasteiger partial charge in [0.05, 0.1) is 0 Å². The summed E-state index contributed by atoms with van der Waals surface area (Å²) in [4.78, 5) is 28.1. The highest BCUT2D eigenvalue weighted by Crippen LogP contribution is 2.19. The number of carbonyl (C=O) groups is 2. The fraction of sp³-hybridized carbons (Fsp3) is 0.481. The summed E-state index contributed by atoms with van der Waals surface area (Å²) in [6, 6.07) is 15.7. The third kappa shape index (κ3) is 6.84. The van der Waals surface area contributed by atoms with Gasteiger partial charge >= 0.3 is 0 Å². The van der Waals surface area contributed by atoms with Gasteiger partial charge in [0, 0.05) is 12.6 Å². The molecule has 0 aliphatic heterocycles. The Bertz CT molecular complexity index is 871. The van der Waals surface area contributed by atoms with E-state index < -0.39 is 6.04 Å². The molecule has 1 saturated carbocycles. The highest BCUT2D eigenvalue weighted by atomic mass is 16.5. The van der Waals surface area contributed by atoms with Crippen molar-refractivity contribution in [1.29, 1.82) is 0 Å². The molecule has 0 unspecified atom stereocenters. The van der Waals surface area contributed by atoms with E-state index in [0.717, 1.165) is 42.4 Å². The number of ether oxygens (including phenoxy) is 1. The van der Waals surface area contributed by atoms with E-state index in [9.17, 15) is 9.59 Å². The van der Waals surface area contributed by atoms with Crippen molar-refractivity contribution >= 4 is 11.8 Å². The van der Waals surface area contributed by atoms with Gasteiger partial charge in [0.2, 0.25) is 5.91 Å². The molecular formula is C27H36N2O3. The normalized spacial score (nSPS) is 14.7. The SMILES string of the molecule is CC[C@@H](C(=O)NC1CCCC1)N(CCc1ccccc1)C(=O)COc1cc(C)cc(C)c1. The molecule has 2 aromatic rings. The van der Waals surface area contributed by atoms with Crippen LogP contribution in [0.1, 0.15) is 55.7 Å². The topological polar surface area (TPSA) is 58.6 Å². The molecule has 0 radical (unpaired) electrons. The minimum absolute atomic E-state index is 0.0489. The summed E-state index contributed by atoms with van der Waals surface area (Å²) in [5.74, 6) is 0.475. The molecule has 32 heavy (non-hydrogen) atoms. The zero-order valence-electron chi connectivity index (χ0n) is 19.6. The average molecular weight is 437 g/mol. The molecule has 0 saturated heterocycles. The summed E-state index contributed by atoms with van der Waals surface area (Å²) in [7, 11) is 0. The lowest BCUT2D eigenvalue weighted by Crippen LogP contribution is -2.52. The van der Waals surface area contributed by atoms with Crippen LogP contribution in [0.5, 0.6) is 5.75 Å². The Kier molecular flexibility index (Phi) is 8.72. The van der Waals surface area contributed by atoms with Gasteiger partial charge in [-0.2, -0.15) is 0 Å². The van der Waals surface area contributed by atoms with Crippen LogP contribution >= 0.6 is 0 Å². The van der Waals surface area contributed by atoms with Crippen LogP contribution in [-0.4, -0.2) is 41.9 Å². The van der Waals surface area contributed by atoms with E-state index in [-0.39, 0.29) is 24.5 Å². The van der Waals surface area contributed by atoms with Gasteiger partial charge in [-0.25, -0.2) is 0 Å². The van der Waals surface area contributed by atoms with Crippen LogP contribution in [0.15, 0.2) is 48.5 Å². The second-order valence-corrected chi connectivity index (χ2v) is 8.85. The highest BCUT2D eigenvalue weighted by molar-refractivity contribution is 5.88. The predicted molar refractivity (Wildman–Crippen MR) is 128 cm³/mol. The largest absolute Gasteiger partial charge is 0.484 e. The van der Waals surface area contributed by atoms with E-state index >= 15 is 0 Å². The van der Waals surface area contributed by atoms with E-state index in [1.807, 2.05) is 63.2 Å². The Morgan fingerprint density at radius 1 is 1.06 bits per heavy atom. The van der Waals surface area contributed by atoms with E-state index in [1.54, 1.807) is 4.90 Å². The third-order valence-corrected chi connectivity index (χ3v) is 6.13. The van der Waals surface area contributed by atoms with Gasteiger partial charge < -0.3 is 15.0 Å². The van der Waals surface area contributed by atoms with Crippen LogP contribution in [0.3, 0.4) is 0 Å². The molecule has 2 amide bonds. The van der Waals surface area contributed by atoms with Gasteiger partial charge in [-0.15, -0.1) is 0 Å². The molecule has 0 bridgehead atoms. The molecule has 5 nitrogen and oxygen atoms in total. The Hall–Kier alpha value is -2.82. The van der Waals surface area contributed by atoms with Gasteiger partial charge in [0.1, 0.15) is 11.8 Å². The lowest BCUT2D eigenvalue weighted by molar-refractivity contribution is -0.142. The van der Waals surface area contributed by atoms with Crippen molar-refractivity contribution < 1.29 is 14.3 Å². The lowest BCUT2D eigenvalue weighted by Gasteiger charge is -2.31. The second kappa shape index (κ2) is 11.7. The van der Waals surface area contributed by atoms with E-state index in [2.05, 4.69) is 11.4 Å². The van der Waals surface area contributed by atoms with Gasteiger partial charge in [0.25, 0.3) is 5.91 Å². The van der Waals surface area contributed by atoms with Crippen LogP contribution in [0.25, 0.3) is 0 Å². The quantitative estimate of drug-likeness (QED) is 0.593. The summed E-state index contributed by atoms with van der Waals surface area (Å²) >= 11 is 0. The number of carbonyl (C=O) groups excluding carboxylic acids is 2. The summed E-state index contributed by atoms with van der Waals surface area (Å²) in [5.41, 5.74) is 3.33. The minimum Gasteiger partial charge on any atom is -0.484 e. The molecule has 5 heteroatoms. The number of nitrogens with zero attached hydrogens (tertiary/aromatic N) is 1. The van der Waals surface area contributed by atoms with E-state index in [4.69, 9.17) is 4.74 Å². The van der Waals surface area contributed by atoms with Crippen molar-refractivity contribution in [3.63, 3.8) is 0 Å². The van der Waals surface area contributed by atoms with Gasteiger partial charge in [0.15, 0.2) is 6.61 Å². The van der Waals surface area contributed by atoms with Crippen molar-refractivity contribution in [2.24, 2.45) is 0 Å². The molecule has 1 aliphatic rings. The van der Waals surface area contributed by atoms with Crippen molar-refractivity contribution in [3.8, 4) is 5.75 Å². The molecule has 172 valence electrons. The first-order chi connectivity index (χ1) is 15.5. The van der Waals surface area contributed by atoms with Crippen molar-refractivity contribution in [1.82, 2.24) is 10.2 Å². The Morgan fingerprint density at radius 3 is 2.34 bits per heavy atom. The first-order valence-electron chi connectivity index (χ1n) is 11.8. The third-order valence-electron chi connectivity index (χ3n) is 6.13. The summed E-state index contributed by atoms with van der Waals surface area (Å²) in [6.45, 7) is 6.38. The molecule has 1 fully saturated rings. The van der Waals surface area contributed by atoms with Gasteiger partial charge in [-0.1, -0.05) is 56.2 Å². The smallest absolute Gasteiger partial charge is 0.261 e. The Balaban J connectivity index is 1.71. The zero-order valence-corrected chi connectivity index (χ0v) is 19.6. The molecule has 1 aliphatic carbocycles. The lowest BCUT2D eigenvalue weighted by atomic mass is 10.1. The molecule has 0 spiro atoms. The van der Waals surface area contributed by atoms with Crippen LogP contribution in [0.4, 0.5) is 0 Å². The first-order valence-corrected chi connectivity index (χ1v) is 11.8. The number of aryl methyl sites for hydroxylation is 2. The van der Waals surface area contributed by atoms with E-state index in [1.165, 1.54) is 0 Å². The van der Waals surface area contributed by atoms with Crippen LogP contribution < -0.4 is 10.1 Å². The average Bonchev–Trinajstić information content (AvgIpc) is 3.28. The molecule has 1 atom stereocenters. The maximum absolute atomic E-state index is 13.3. The first kappa shape index (κ1) is 23.8. The molecule has 0 aromatic heterocycles. The number of hydrogen-bond acceptors (Lipinski definition) is 3. The van der Waals surface area contributed by atoms with Crippen LogP contribution in [0, 0.1) is 13.8 Å². The number of hydrogen-bond donors (Lipinski definition) is 1. The Labute approximate surface area is 192 Å². The van der Waals surface area contributed by atoms with Crippen molar-refractivity contribution in [2.45, 2.75) is 71.4 Å². The molecule has 1 N–H and O–H groups in total. The molecule has 2 aromatic carbocycles. The summed E-state index contributed by atoms with van der Waals surface area (Å²) in [5, 5.41) is 3.18. The highest BCUT2D eigenvalue weighted by Gasteiger charge is 2.30. The number of benzene rings is 2. The van der Waals surface area contributed by atoms with Crippen LogP contribution in [0.2, 0.25) is 0 Å². The molecule has 0 heterocycles. The second-order valence-electron chi connectivity index (χ2n) is 8.85. The minimum atomic E-state index is -0.491. The Morgan fingerprint density at radius 2 is 1.72 bits per heavy atom. The van der Waals surface area contributed by atoms with Crippen LogP contribution in [-0.2, 0) is 16.0 Å². The van der Waals surface area contributed by atoms with E-state index in [0.29, 0.717) is 25.1 Å². The zero-order chi connectivity index (χ0) is 22.9. The summed E-state index contributed by atoms with van der Waals surface area (Å²) in [6.07, 6.45) is 5.63. The standard InChI is InChI=1S/C27H36N2O3/c1-4-25(27(31)28-23-12-8-9-13-23)29(15-14-22-10-6-5-7-11-22)26(30)19-32-24-17-20(2)16-21(3)18-24/h5-7,10-11,16-18,23,25H,4,8-9,12-15,19H2,1-3H3,(H,28,31)/t25-/m0/s1. The monoisotopic (exact) mass is 436 g/mol. The fourth-order valence-corrected chi connectivity index (χ4v) is 4.51. The maximum Gasteiger partial charge on any atom is 0.261 e. The number of rotatable bonds is 10. The number of nitrogens with one attached hydrogen (secondary N) is 1. The fourth-order valence-electron chi connectivity index (χ4n) is 4.51. The molecular weight excluding hydrogens is 400 g/mol. The van der Waals surface area contributed by atoms with Gasteiger partial charge in [-0.3, -0.25) is 9.59 Å². The summed E-state index contributed by atoms with van der Waals surface area (Å²) < 4.78 is 5.85. The predicted octanol–water partition coefficient (Wildman–Crippen LogP) is 4.59. The molecule has 3 rings (SSSR count).